The standard InChI is InChI=1S/C9H19N3O2/c1-2-4-7(10)9(14)12-6-3-5-8(11)13/h7H,2-6,10H2,1H3,(H2,11,13)(H,12,14)/t7-/m1/s1. The minimum atomic E-state index is -0.437. The molecule has 0 bridgehead atoms. The average Bonchev–Trinajstić information content (AvgIpc) is 2.12. The van der Waals surface area contributed by atoms with E-state index in [9.17, 15) is 9.59 Å². The van der Waals surface area contributed by atoms with Crippen LogP contribution >= 0.6 is 0 Å². The van der Waals surface area contributed by atoms with E-state index in [1.807, 2.05) is 6.92 Å². The van der Waals surface area contributed by atoms with Gasteiger partial charge in [0.1, 0.15) is 0 Å². The second-order valence-electron chi connectivity index (χ2n) is 3.26. The fraction of sp³-hybridized carbons (Fsp3) is 0.778. The Morgan fingerprint density at radius 1 is 1.43 bits per heavy atom. The van der Waals surface area contributed by atoms with Crippen LogP contribution in [0.25, 0.3) is 0 Å². The summed E-state index contributed by atoms with van der Waals surface area (Å²) in [7, 11) is 0. The van der Waals surface area contributed by atoms with Crippen molar-refractivity contribution in [2.24, 2.45) is 11.5 Å². The van der Waals surface area contributed by atoms with E-state index in [-0.39, 0.29) is 11.8 Å². The first-order valence-electron chi connectivity index (χ1n) is 4.89. The number of rotatable bonds is 7. The van der Waals surface area contributed by atoms with E-state index in [4.69, 9.17) is 11.5 Å². The van der Waals surface area contributed by atoms with Gasteiger partial charge in [-0.25, -0.2) is 0 Å². The molecule has 1 atom stereocenters. The van der Waals surface area contributed by atoms with Crippen molar-refractivity contribution in [1.82, 2.24) is 5.32 Å². The van der Waals surface area contributed by atoms with Gasteiger partial charge in [-0.15, -0.1) is 0 Å². The van der Waals surface area contributed by atoms with E-state index in [0.717, 1.165) is 6.42 Å². The molecule has 0 aromatic rings. The van der Waals surface area contributed by atoms with Gasteiger partial charge in [0.05, 0.1) is 6.04 Å². The van der Waals surface area contributed by atoms with Crippen molar-refractivity contribution in [3.8, 4) is 0 Å². The number of nitrogens with one attached hydrogen (secondary N) is 1. The lowest BCUT2D eigenvalue weighted by atomic mass is 10.1. The highest BCUT2D eigenvalue weighted by atomic mass is 16.2. The normalized spacial score (nSPS) is 12.1. The maximum Gasteiger partial charge on any atom is 0.236 e. The predicted molar refractivity (Wildman–Crippen MR) is 54.3 cm³/mol. The van der Waals surface area contributed by atoms with Crippen LogP contribution in [0.3, 0.4) is 0 Å². The van der Waals surface area contributed by atoms with Crippen molar-refractivity contribution < 1.29 is 9.59 Å². The molecule has 82 valence electrons. The number of amides is 2. The topological polar surface area (TPSA) is 98.2 Å². The highest BCUT2D eigenvalue weighted by Crippen LogP contribution is 1.93. The molecular weight excluding hydrogens is 182 g/mol. The number of carbonyl (C=O) groups excluding carboxylic acids is 2. The Kier molecular flexibility index (Phi) is 6.74. The van der Waals surface area contributed by atoms with Crippen LogP contribution < -0.4 is 16.8 Å². The molecule has 0 saturated carbocycles. The Hall–Kier alpha value is -1.10. The van der Waals surface area contributed by atoms with Gasteiger partial charge in [0.25, 0.3) is 0 Å². The molecule has 0 fully saturated rings. The zero-order valence-corrected chi connectivity index (χ0v) is 8.58. The summed E-state index contributed by atoms with van der Waals surface area (Å²) >= 11 is 0. The van der Waals surface area contributed by atoms with Crippen LogP contribution in [0.2, 0.25) is 0 Å². The van der Waals surface area contributed by atoms with Crippen molar-refractivity contribution in [1.29, 1.82) is 0 Å². The summed E-state index contributed by atoms with van der Waals surface area (Å²) in [5.41, 5.74) is 10.5. The minimum absolute atomic E-state index is 0.156. The second-order valence-corrected chi connectivity index (χ2v) is 3.26. The number of carbonyl (C=O) groups is 2. The summed E-state index contributed by atoms with van der Waals surface area (Å²) in [5.74, 6) is -0.506. The van der Waals surface area contributed by atoms with Crippen molar-refractivity contribution >= 4 is 11.8 Å². The Labute approximate surface area is 84.2 Å². The van der Waals surface area contributed by atoms with Crippen LogP contribution in [0.1, 0.15) is 32.6 Å². The molecule has 0 aliphatic rings. The smallest absolute Gasteiger partial charge is 0.236 e. The number of primary amides is 1. The Morgan fingerprint density at radius 2 is 2.07 bits per heavy atom. The van der Waals surface area contributed by atoms with Gasteiger partial charge in [-0.3, -0.25) is 9.59 Å². The summed E-state index contributed by atoms with van der Waals surface area (Å²) in [4.78, 5) is 21.6. The third kappa shape index (κ3) is 6.42. The van der Waals surface area contributed by atoms with E-state index in [2.05, 4.69) is 5.32 Å². The lowest BCUT2D eigenvalue weighted by molar-refractivity contribution is -0.123. The van der Waals surface area contributed by atoms with E-state index < -0.39 is 6.04 Å². The third-order valence-electron chi connectivity index (χ3n) is 1.84. The molecule has 0 aliphatic carbocycles. The first-order valence-corrected chi connectivity index (χ1v) is 4.89. The molecule has 5 N–H and O–H groups in total. The van der Waals surface area contributed by atoms with E-state index in [1.54, 1.807) is 0 Å². The summed E-state index contributed by atoms with van der Waals surface area (Å²) in [6.07, 6.45) is 2.43. The van der Waals surface area contributed by atoms with Crippen molar-refractivity contribution in [3.63, 3.8) is 0 Å². The summed E-state index contributed by atoms with van der Waals surface area (Å²) in [5, 5.41) is 2.65. The van der Waals surface area contributed by atoms with Gasteiger partial charge in [0.15, 0.2) is 0 Å². The van der Waals surface area contributed by atoms with Crippen molar-refractivity contribution in [2.45, 2.75) is 38.6 Å². The van der Waals surface area contributed by atoms with Crippen molar-refractivity contribution in [2.75, 3.05) is 6.54 Å². The molecule has 0 saturated heterocycles. The lowest BCUT2D eigenvalue weighted by Gasteiger charge is -2.10. The summed E-state index contributed by atoms with van der Waals surface area (Å²) in [6.45, 7) is 2.43. The molecule has 0 aromatic carbocycles. The molecule has 0 unspecified atom stereocenters. The number of nitrogens with two attached hydrogens (primary N) is 2. The number of hydrogen-bond donors (Lipinski definition) is 3. The predicted octanol–water partition coefficient (Wildman–Crippen LogP) is -0.504. The summed E-state index contributed by atoms with van der Waals surface area (Å²) in [6, 6.07) is -0.437. The van der Waals surface area contributed by atoms with Gasteiger partial charge >= 0.3 is 0 Å². The van der Waals surface area contributed by atoms with Gasteiger partial charge in [-0.2, -0.15) is 0 Å². The van der Waals surface area contributed by atoms with E-state index >= 15 is 0 Å². The maximum atomic E-state index is 11.2. The van der Waals surface area contributed by atoms with Crippen LogP contribution in [-0.4, -0.2) is 24.4 Å². The van der Waals surface area contributed by atoms with Gasteiger partial charge in [0, 0.05) is 13.0 Å². The van der Waals surface area contributed by atoms with Crippen LogP contribution in [0, 0.1) is 0 Å². The van der Waals surface area contributed by atoms with Gasteiger partial charge in [-0.05, 0) is 12.8 Å². The highest BCUT2D eigenvalue weighted by Gasteiger charge is 2.10. The molecule has 0 rings (SSSR count). The monoisotopic (exact) mass is 201 g/mol. The molecule has 2 amide bonds. The van der Waals surface area contributed by atoms with E-state index in [1.165, 1.54) is 0 Å². The highest BCUT2D eigenvalue weighted by molar-refractivity contribution is 5.81. The first kappa shape index (κ1) is 12.9. The molecular formula is C9H19N3O2. The van der Waals surface area contributed by atoms with E-state index in [0.29, 0.717) is 25.8 Å². The zero-order valence-electron chi connectivity index (χ0n) is 8.58. The molecule has 14 heavy (non-hydrogen) atoms. The fourth-order valence-corrected chi connectivity index (χ4v) is 1.05. The lowest BCUT2D eigenvalue weighted by Crippen LogP contribution is -2.40. The van der Waals surface area contributed by atoms with Crippen LogP contribution in [0.4, 0.5) is 0 Å². The van der Waals surface area contributed by atoms with Gasteiger partial charge < -0.3 is 16.8 Å². The van der Waals surface area contributed by atoms with Crippen LogP contribution in [-0.2, 0) is 9.59 Å². The molecule has 0 spiro atoms. The van der Waals surface area contributed by atoms with Gasteiger partial charge in [0.2, 0.25) is 11.8 Å². The summed E-state index contributed by atoms with van der Waals surface area (Å²) < 4.78 is 0. The Bertz CT molecular complexity index is 194. The molecule has 0 radical (unpaired) electrons. The zero-order chi connectivity index (χ0) is 11.0. The molecule has 0 aliphatic heterocycles. The largest absolute Gasteiger partial charge is 0.370 e. The van der Waals surface area contributed by atoms with Crippen LogP contribution in [0.5, 0.6) is 0 Å². The second kappa shape index (κ2) is 7.32. The first-order chi connectivity index (χ1) is 6.57. The Morgan fingerprint density at radius 3 is 2.57 bits per heavy atom. The van der Waals surface area contributed by atoms with Gasteiger partial charge in [-0.1, -0.05) is 13.3 Å². The maximum absolute atomic E-state index is 11.2. The molecule has 5 heteroatoms. The quantitative estimate of drug-likeness (QED) is 0.484. The fourth-order valence-electron chi connectivity index (χ4n) is 1.05. The van der Waals surface area contributed by atoms with Crippen molar-refractivity contribution in [3.05, 3.63) is 0 Å². The third-order valence-corrected chi connectivity index (χ3v) is 1.84. The molecule has 0 aromatic heterocycles. The molecule has 0 heterocycles. The molecule has 5 nitrogen and oxygen atoms in total. The SMILES string of the molecule is CCC[C@@H](N)C(=O)NCCCC(N)=O. The minimum Gasteiger partial charge on any atom is -0.370 e. The van der Waals surface area contributed by atoms with Crippen LogP contribution in [0.15, 0.2) is 0 Å². The number of hydrogen-bond acceptors (Lipinski definition) is 3. The average molecular weight is 201 g/mol. The Balaban J connectivity index is 3.48.